The maximum absolute atomic E-state index is 12.8. The van der Waals surface area contributed by atoms with Crippen LogP contribution in [0.5, 0.6) is 5.75 Å². The molecule has 0 radical (unpaired) electrons. The fourth-order valence-corrected chi connectivity index (χ4v) is 4.26. The highest BCUT2D eigenvalue weighted by molar-refractivity contribution is 6.08. The highest BCUT2D eigenvalue weighted by Gasteiger charge is 2.32. The molecule has 200 valence electrons. The molecule has 1 unspecified atom stereocenters. The molecule has 1 aromatic carbocycles. The zero-order valence-corrected chi connectivity index (χ0v) is 21.1. The Hall–Kier alpha value is -4.68. The average molecular weight is 526 g/mol. The minimum atomic E-state index is -0.750. The van der Waals surface area contributed by atoms with E-state index in [9.17, 15) is 24.0 Å². The number of hydrogen-bond donors (Lipinski definition) is 3. The first kappa shape index (κ1) is 26.4. The van der Waals surface area contributed by atoms with Crippen LogP contribution in [0.1, 0.15) is 59.1 Å². The fraction of sp³-hybridized carbons (Fsp3) is 0.360. The summed E-state index contributed by atoms with van der Waals surface area (Å²) in [6.07, 6.45) is 1.81. The molecule has 3 amide bonds. The van der Waals surface area contributed by atoms with Crippen LogP contribution < -0.4 is 15.4 Å². The van der Waals surface area contributed by atoms with Gasteiger partial charge in [0.15, 0.2) is 6.61 Å². The Morgan fingerprint density at radius 1 is 1.13 bits per heavy atom. The van der Waals surface area contributed by atoms with E-state index in [0.29, 0.717) is 28.8 Å². The zero-order valence-electron chi connectivity index (χ0n) is 21.1. The number of hydrogen-bond acceptors (Lipinski definition) is 9. The van der Waals surface area contributed by atoms with Gasteiger partial charge >= 0.3 is 11.9 Å². The van der Waals surface area contributed by atoms with E-state index in [0.717, 1.165) is 0 Å². The second-order valence-corrected chi connectivity index (χ2v) is 8.39. The van der Waals surface area contributed by atoms with Crippen LogP contribution in [0.25, 0.3) is 10.9 Å². The minimum Gasteiger partial charge on any atom is -0.481 e. The Balaban J connectivity index is 1.55. The maximum Gasteiger partial charge on any atom is 0.356 e. The Bertz CT molecular complexity index is 1390. The number of nitrogens with one attached hydrogen (secondary N) is 3. The van der Waals surface area contributed by atoms with Crippen LogP contribution in [0.2, 0.25) is 0 Å². The number of ether oxygens (including phenoxy) is 3. The van der Waals surface area contributed by atoms with Crippen molar-refractivity contribution in [2.24, 2.45) is 7.05 Å². The van der Waals surface area contributed by atoms with Crippen LogP contribution >= 0.6 is 0 Å². The standard InChI is InChI=1S/C25H27N5O8/c1-4-36-24(34)15-11-26-21(25(35)37-5-2)20(15)27-18(32)12-38-16-8-6-7-13-19(29-30(3)22(13)16)14-9-10-17(31)28-23(14)33/h6-8,11,14,26H,4-5,9-10,12H2,1-3H3,(H,27,32)(H,28,31,33). The molecule has 2 aromatic heterocycles. The van der Waals surface area contributed by atoms with Gasteiger partial charge in [-0.05, 0) is 26.3 Å². The number of carbonyl (C=O) groups is 5. The van der Waals surface area contributed by atoms with Gasteiger partial charge < -0.3 is 24.5 Å². The lowest BCUT2D eigenvalue weighted by molar-refractivity contribution is -0.134. The smallest absolute Gasteiger partial charge is 0.356 e. The largest absolute Gasteiger partial charge is 0.481 e. The number of piperidine rings is 1. The predicted octanol–water partition coefficient (Wildman–Crippen LogP) is 1.79. The van der Waals surface area contributed by atoms with Crippen LogP contribution in [0.3, 0.4) is 0 Å². The first-order chi connectivity index (χ1) is 18.2. The molecule has 0 aliphatic carbocycles. The molecule has 1 aliphatic rings. The van der Waals surface area contributed by atoms with E-state index in [1.807, 2.05) is 0 Å². The zero-order chi connectivity index (χ0) is 27.4. The molecular weight excluding hydrogens is 498 g/mol. The van der Waals surface area contributed by atoms with E-state index < -0.39 is 36.3 Å². The molecule has 1 aliphatic heterocycles. The fourth-order valence-electron chi connectivity index (χ4n) is 4.26. The van der Waals surface area contributed by atoms with Gasteiger partial charge in [0.05, 0.1) is 30.5 Å². The number of benzene rings is 1. The number of nitrogens with zero attached hydrogens (tertiary/aromatic N) is 2. The second-order valence-electron chi connectivity index (χ2n) is 8.39. The number of para-hydroxylation sites is 1. The van der Waals surface area contributed by atoms with Crippen molar-refractivity contribution in [1.29, 1.82) is 0 Å². The highest BCUT2D eigenvalue weighted by Crippen LogP contribution is 2.34. The summed E-state index contributed by atoms with van der Waals surface area (Å²) in [5.74, 6) is -3.11. The van der Waals surface area contributed by atoms with Crippen LogP contribution in [0.15, 0.2) is 24.4 Å². The van der Waals surface area contributed by atoms with E-state index in [1.54, 1.807) is 43.8 Å². The summed E-state index contributed by atoms with van der Waals surface area (Å²) in [5.41, 5.74) is 0.847. The number of rotatable bonds is 9. The summed E-state index contributed by atoms with van der Waals surface area (Å²) in [6.45, 7) is 2.99. The first-order valence-electron chi connectivity index (χ1n) is 12.0. The Morgan fingerprint density at radius 2 is 1.87 bits per heavy atom. The normalized spacial score (nSPS) is 15.2. The number of aromatic amines is 1. The van der Waals surface area contributed by atoms with Gasteiger partial charge in [-0.1, -0.05) is 12.1 Å². The molecule has 3 N–H and O–H groups in total. The number of imide groups is 1. The van der Waals surface area contributed by atoms with E-state index in [2.05, 4.69) is 20.7 Å². The minimum absolute atomic E-state index is 0.0362. The molecule has 13 heteroatoms. The molecule has 3 heterocycles. The van der Waals surface area contributed by atoms with E-state index in [4.69, 9.17) is 14.2 Å². The van der Waals surface area contributed by atoms with Crippen LogP contribution in [-0.4, -0.2) is 64.2 Å². The Kier molecular flexibility index (Phi) is 7.74. The quantitative estimate of drug-likeness (QED) is 0.278. The molecule has 0 spiro atoms. The van der Waals surface area contributed by atoms with Gasteiger partial charge in [-0.15, -0.1) is 0 Å². The summed E-state index contributed by atoms with van der Waals surface area (Å²) in [7, 11) is 1.68. The van der Waals surface area contributed by atoms with Gasteiger partial charge in [0.1, 0.15) is 22.5 Å². The van der Waals surface area contributed by atoms with Crippen molar-refractivity contribution in [3.05, 3.63) is 41.3 Å². The molecule has 0 bridgehead atoms. The lowest BCUT2D eigenvalue weighted by atomic mass is 9.93. The van der Waals surface area contributed by atoms with Gasteiger partial charge in [-0.2, -0.15) is 5.10 Å². The summed E-state index contributed by atoms with van der Waals surface area (Å²) in [6, 6.07) is 5.14. The van der Waals surface area contributed by atoms with Crippen molar-refractivity contribution < 1.29 is 38.2 Å². The molecule has 1 fully saturated rings. The monoisotopic (exact) mass is 525 g/mol. The van der Waals surface area contributed by atoms with Gasteiger partial charge in [0, 0.05) is 25.1 Å². The van der Waals surface area contributed by atoms with E-state index in [-0.39, 0.29) is 42.5 Å². The van der Waals surface area contributed by atoms with E-state index in [1.165, 1.54) is 6.20 Å². The van der Waals surface area contributed by atoms with Gasteiger partial charge in [-0.25, -0.2) is 9.59 Å². The second kappa shape index (κ2) is 11.2. The molecule has 13 nitrogen and oxygen atoms in total. The van der Waals surface area contributed by atoms with Crippen LogP contribution in [0.4, 0.5) is 5.69 Å². The van der Waals surface area contributed by atoms with Crippen molar-refractivity contribution in [1.82, 2.24) is 20.1 Å². The number of aromatic nitrogens is 3. The Morgan fingerprint density at radius 3 is 2.58 bits per heavy atom. The number of carbonyl (C=O) groups excluding carboxylic acids is 5. The van der Waals surface area contributed by atoms with Crippen LogP contribution in [0, 0.1) is 0 Å². The van der Waals surface area contributed by atoms with Crippen molar-refractivity contribution in [2.45, 2.75) is 32.6 Å². The van der Waals surface area contributed by atoms with Crippen LogP contribution in [-0.2, 0) is 30.9 Å². The van der Waals surface area contributed by atoms with Gasteiger partial charge in [0.2, 0.25) is 11.8 Å². The average Bonchev–Trinajstić information content (AvgIpc) is 3.44. The summed E-state index contributed by atoms with van der Waals surface area (Å²) < 4.78 is 17.3. The topological polar surface area (TPSA) is 171 Å². The molecule has 0 saturated carbocycles. The van der Waals surface area contributed by atoms with E-state index >= 15 is 0 Å². The molecule has 4 rings (SSSR count). The summed E-state index contributed by atoms with van der Waals surface area (Å²) in [5, 5.41) is 10.0. The van der Waals surface area contributed by atoms with Gasteiger partial charge in [-0.3, -0.25) is 24.4 Å². The number of anilines is 1. The number of aryl methyl sites for hydroxylation is 1. The third-order valence-electron chi connectivity index (χ3n) is 5.90. The lowest BCUT2D eigenvalue weighted by Gasteiger charge is -2.19. The SMILES string of the molecule is CCOC(=O)c1c[nH]c(C(=O)OCC)c1NC(=O)COc1cccc2c(C3CCC(=O)NC3=O)nn(C)c12. The van der Waals surface area contributed by atoms with Gasteiger partial charge in [0.25, 0.3) is 5.91 Å². The third kappa shape index (κ3) is 5.21. The molecule has 3 aromatic rings. The Labute approximate surface area is 216 Å². The maximum atomic E-state index is 12.8. The third-order valence-corrected chi connectivity index (χ3v) is 5.90. The summed E-state index contributed by atoms with van der Waals surface area (Å²) >= 11 is 0. The number of amides is 3. The summed E-state index contributed by atoms with van der Waals surface area (Å²) in [4.78, 5) is 64.1. The van der Waals surface area contributed by atoms with Crippen molar-refractivity contribution in [2.75, 3.05) is 25.1 Å². The predicted molar refractivity (Wildman–Crippen MR) is 133 cm³/mol. The number of H-pyrrole nitrogens is 1. The molecular formula is C25H27N5O8. The number of fused-ring (bicyclic) bond motifs is 1. The molecule has 1 atom stereocenters. The molecule has 1 saturated heterocycles. The van der Waals surface area contributed by atoms with Crippen molar-refractivity contribution in [3.63, 3.8) is 0 Å². The first-order valence-corrected chi connectivity index (χ1v) is 12.0. The number of esters is 2. The highest BCUT2D eigenvalue weighted by atomic mass is 16.5. The molecule has 38 heavy (non-hydrogen) atoms. The lowest BCUT2D eigenvalue weighted by Crippen LogP contribution is -2.39. The van der Waals surface area contributed by atoms with Crippen molar-refractivity contribution >= 4 is 46.3 Å². The van der Waals surface area contributed by atoms with Crippen molar-refractivity contribution in [3.8, 4) is 5.75 Å².